The Labute approximate surface area is 132 Å². The molecule has 0 aromatic heterocycles. The Balaban J connectivity index is 2.18. The van der Waals surface area contributed by atoms with E-state index in [1.165, 1.54) is 24.3 Å². The number of ether oxygens (including phenoxy) is 1. The number of nitriles is 1. The number of esters is 1. The smallest absolute Gasteiger partial charge is 0.346 e. The molecule has 0 fully saturated rings. The minimum atomic E-state index is -0.927. The van der Waals surface area contributed by atoms with Gasteiger partial charge < -0.3 is 4.74 Å². The summed E-state index contributed by atoms with van der Waals surface area (Å²) >= 11 is 0. The van der Waals surface area contributed by atoms with Crippen LogP contribution in [0.3, 0.4) is 0 Å². The van der Waals surface area contributed by atoms with Gasteiger partial charge in [0.1, 0.15) is 23.5 Å². The Bertz CT molecular complexity index is 807. The molecule has 0 radical (unpaired) electrons. The highest BCUT2D eigenvalue weighted by molar-refractivity contribution is 5.91. The maximum atomic E-state index is 14.0. The van der Waals surface area contributed by atoms with Gasteiger partial charge in [0.2, 0.25) is 0 Å². The lowest BCUT2D eigenvalue weighted by atomic mass is 10.1. The third-order valence-electron chi connectivity index (χ3n) is 3.11. The van der Waals surface area contributed by atoms with Crippen LogP contribution >= 0.6 is 0 Å². The molecule has 23 heavy (non-hydrogen) atoms. The van der Waals surface area contributed by atoms with Crippen LogP contribution < -0.4 is 4.74 Å². The molecule has 0 spiro atoms. The number of carbonyl (C=O) groups is 1. The molecule has 0 N–H and O–H groups in total. The second kappa shape index (κ2) is 7.32. The number of carbonyl (C=O) groups excluding carboxylic acids is 1. The largest absolute Gasteiger partial charge is 0.423 e. The lowest BCUT2D eigenvalue weighted by molar-refractivity contribution is 0.0729. The summed E-state index contributed by atoms with van der Waals surface area (Å²) in [7, 11) is 0. The van der Waals surface area contributed by atoms with E-state index >= 15 is 0 Å². The van der Waals surface area contributed by atoms with E-state index in [0.717, 1.165) is 11.6 Å². The summed E-state index contributed by atoms with van der Waals surface area (Å²) in [5, 5.41) is 8.64. The first-order valence-corrected chi connectivity index (χ1v) is 6.86. The number of hydrogen-bond donors (Lipinski definition) is 0. The van der Waals surface area contributed by atoms with Crippen molar-refractivity contribution in [2.45, 2.75) is 13.3 Å². The van der Waals surface area contributed by atoms with E-state index in [1.54, 1.807) is 12.1 Å². The van der Waals surface area contributed by atoms with Crippen molar-refractivity contribution < 1.29 is 18.3 Å². The Morgan fingerprint density at radius 2 is 2.00 bits per heavy atom. The number of benzene rings is 2. The van der Waals surface area contributed by atoms with Crippen LogP contribution in [0.2, 0.25) is 0 Å². The van der Waals surface area contributed by atoms with Crippen molar-refractivity contribution in [3.05, 3.63) is 76.9 Å². The van der Waals surface area contributed by atoms with Gasteiger partial charge in [-0.15, -0.1) is 0 Å². The van der Waals surface area contributed by atoms with Crippen LogP contribution in [0.25, 0.3) is 0 Å². The molecule has 2 aromatic rings. The SMILES string of the molecule is C/C=C/Cc1ccc(C(=O)Oc2ccc(C#N)c(F)c2)c(F)c1. The molecule has 0 aliphatic rings. The number of allylic oxidation sites excluding steroid dienone is 2. The topological polar surface area (TPSA) is 50.1 Å². The minimum absolute atomic E-state index is 0.0936. The molecule has 0 saturated heterocycles. The van der Waals surface area contributed by atoms with E-state index < -0.39 is 17.6 Å². The molecule has 3 nitrogen and oxygen atoms in total. The van der Waals surface area contributed by atoms with Crippen molar-refractivity contribution in [1.82, 2.24) is 0 Å². The number of hydrogen-bond acceptors (Lipinski definition) is 3. The summed E-state index contributed by atoms with van der Waals surface area (Å²) in [6.07, 6.45) is 4.27. The molecule has 0 aliphatic heterocycles. The standard InChI is InChI=1S/C18H13F2NO2/c1-2-3-4-12-5-8-15(17(20)9-12)18(22)23-14-7-6-13(11-21)16(19)10-14/h2-3,5-10H,4H2,1H3/b3-2+. The molecule has 116 valence electrons. The number of halogens is 2. The predicted octanol–water partition coefficient (Wildman–Crippen LogP) is 4.17. The molecule has 0 saturated carbocycles. The van der Waals surface area contributed by atoms with E-state index in [0.29, 0.717) is 6.42 Å². The van der Waals surface area contributed by atoms with E-state index in [1.807, 2.05) is 19.1 Å². The zero-order valence-corrected chi connectivity index (χ0v) is 12.3. The molecule has 0 aliphatic carbocycles. The highest BCUT2D eigenvalue weighted by Crippen LogP contribution is 2.19. The monoisotopic (exact) mass is 313 g/mol. The van der Waals surface area contributed by atoms with Crippen molar-refractivity contribution in [3.63, 3.8) is 0 Å². The molecule has 0 heterocycles. The first kappa shape index (κ1) is 16.4. The molecule has 0 atom stereocenters. The molecule has 2 aromatic carbocycles. The van der Waals surface area contributed by atoms with Gasteiger partial charge in [0, 0.05) is 6.07 Å². The van der Waals surface area contributed by atoms with E-state index in [9.17, 15) is 13.6 Å². The maximum absolute atomic E-state index is 14.0. The van der Waals surface area contributed by atoms with Gasteiger partial charge in [0.25, 0.3) is 0 Å². The first-order valence-electron chi connectivity index (χ1n) is 6.86. The van der Waals surface area contributed by atoms with E-state index in [-0.39, 0.29) is 16.9 Å². The van der Waals surface area contributed by atoms with Gasteiger partial charge in [-0.25, -0.2) is 13.6 Å². The van der Waals surface area contributed by atoms with Crippen molar-refractivity contribution >= 4 is 5.97 Å². The average molecular weight is 313 g/mol. The molecular formula is C18H13F2NO2. The normalized spacial score (nSPS) is 10.5. The van der Waals surface area contributed by atoms with Crippen molar-refractivity contribution in [2.75, 3.05) is 0 Å². The highest BCUT2D eigenvalue weighted by atomic mass is 19.1. The summed E-state index contributed by atoms with van der Waals surface area (Å²) in [5.74, 6) is -2.53. The van der Waals surface area contributed by atoms with Crippen LogP contribution in [0.1, 0.15) is 28.4 Å². The molecule has 2 rings (SSSR count). The lowest BCUT2D eigenvalue weighted by Gasteiger charge is -2.07. The van der Waals surface area contributed by atoms with Crippen LogP contribution in [-0.2, 0) is 6.42 Å². The quantitative estimate of drug-likeness (QED) is 0.483. The van der Waals surface area contributed by atoms with Gasteiger partial charge in [0.05, 0.1) is 11.1 Å². The molecular weight excluding hydrogens is 300 g/mol. The fourth-order valence-electron chi connectivity index (χ4n) is 1.92. The lowest BCUT2D eigenvalue weighted by Crippen LogP contribution is -2.11. The van der Waals surface area contributed by atoms with Crippen molar-refractivity contribution in [2.24, 2.45) is 0 Å². The van der Waals surface area contributed by atoms with Gasteiger partial charge in [-0.3, -0.25) is 0 Å². The van der Waals surface area contributed by atoms with Gasteiger partial charge in [-0.2, -0.15) is 5.26 Å². The zero-order chi connectivity index (χ0) is 16.8. The Morgan fingerprint density at radius 1 is 1.22 bits per heavy atom. The van der Waals surface area contributed by atoms with Crippen LogP contribution in [0, 0.1) is 23.0 Å². The van der Waals surface area contributed by atoms with E-state index in [4.69, 9.17) is 10.00 Å². The molecule has 5 heteroatoms. The third-order valence-corrected chi connectivity index (χ3v) is 3.11. The fourth-order valence-corrected chi connectivity index (χ4v) is 1.92. The van der Waals surface area contributed by atoms with Crippen LogP contribution in [-0.4, -0.2) is 5.97 Å². The highest BCUT2D eigenvalue weighted by Gasteiger charge is 2.15. The van der Waals surface area contributed by atoms with Gasteiger partial charge in [0.15, 0.2) is 0 Å². The van der Waals surface area contributed by atoms with Crippen LogP contribution in [0.5, 0.6) is 5.75 Å². The molecule has 0 bridgehead atoms. The minimum Gasteiger partial charge on any atom is -0.423 e. The zero-order valence-electron chi connectivity index (χ0n) is 12.3. The van der Waals surface area contributed by atoms with Gasteiger partial charge in [-0.05, 0) is 43.2 Å². The summed E-state index contributed by atoms with van der Waals surface area (Å²) < 4.78 is 32.4. The summed E-state index contributed by atoms with van der Waals surface area (Å²) in [6, 6.07) is 9.25. The summed E-state index contributed by atoms with van der Waals surface area (Å²) in [6.45, 7) is 1.86. The van der Waals surface area contributed by atoms with Gasteiger partial charge in [-0.1, -0.05) is 18.2 Å². The van der Waals surface area contributed by atoms with Crippen molar-refractivity contribution in [3.8, 4) is 11.8 Å². The summed E-state index contributed by atoms with van der Waals surface area (Å²) in [4.78, 5) is 12.0. The van der Waals surface area contributed by atoms with Gasteiger partial charge >= 0.3 is 5.97 Å². The van der Waals surface area contributed by atoms with Crippen molar-refractivity contribution in [1.29, 1.82) is 5.26 Å². The maximum Gasteiger partial charge on any atom is 0.346 e. The van der Waals surface area contributed by atoms with Crippen LogP contribution in [0.15, 0.2) is 48.6 Å². The Kier molecular flexibility index (Phi) is 5.21. The number of nitrogens with zero attached hydrogens (tertiary/aromatic N) is 1. The second-order valence-corrected chi connectivity index (χ2v) is 4.73. The Hall–Kier alpha value is -3.00. The second-order valence-electron chi connectivity index (χ2n) is 4.73. The fraction of sp³-hybridized carbons (Fsp3) is 0.111. The van der Waals surface area contributed by atoms with Crippen LogP contribution in [0.4, 0.5) is 8.78 Å². The number of rotatable bonds is 4. The Morgan fingerprint density at radius 3 is 2.61 bits per heavy atom. The average Bonchev–Trinajstić information content (AvgIpc) is 2.53. The third kappa shape index (κ3) is 4.01. The first-order chi connectivity index (χ1) is 11.0. The summed E-state index contributed by atoms with van der Waals surface area (Å²) in [5.41, 5.74) is 0.324. The predicted molar refractivity (Wildman–Crippen MR) is 81.0 cm³/mol. The molecule has 0 unspecified atom stereocenters. The molecule has 0 amide bonds. The van der Waals surface area contributed by atoms with E-state index in [2.05, 4.69) is 0 Å².